The fourth-order valence-corrected chi connectivity index (χ4v) is 2.83. The molecule has 2 bridgehead atoms. The number of nitrogens with zero attached hydrogens (tertiary/aromatic N) is 1. The van der Waals surface area contributed by atoms with E-state index in [2.05, 4.69) is 4.90 Å². The van der Waals surface area contributed by atoms with Gasteiger partial charge in [-0.15, -0.1) is 0 Å². The van der Waals surface area contributed by atoms with E-state index in [-0.39, 0.29) is 0 Å². The van der Waals surface area contributed by atoms with Crippen molar-refractivity contribution in [1.29, 1.82) is 0 Å². The van der Waals surface area contributed by atoms with Crippen molar-refractivity contribution in [1.82, 2.24) is 4.90 Å². The summed E-state index contributed by atoms with van der Waals surface area (Å²) >= 11 is 0. The van der Waals surface area contributed by atoms with E-state index in [0.717, 1.165) is 32.5 Å². The molecule has 2 fully saturated rings. The number of carbonyl (C=O) groups is 1. The Kier molecular flexibility index (Phi) is 4.25. The Morgan fingerprint density at radius 2 is 1.94 bits per heavy atom. The predicted octanol–water partition coefficient (Wildman–Crippen LogP) is 0.223. The van der Waals surface area contributed by atoms with Gasteiger partial charge in [0.1, 0.15) is 0 Å². The van der Waals surface area contributed by atoms with E-state index < -0.39 is 11.4 Å². The van der Waals surface area contributed by atoms with Crippen molar-refractivity contribution in [2.45, 2.75) is 56.8 Å². The number of hydrogen-bond donors (Lipinski definition) is 2. The van der Waals surface area contributed by atoms with Crippen LogP contribution in [0.2, 0.25) is 0 Å². The first-order valence-corrected chi connectivity index (χ1v) is 6.94. The molecule has 3 unspecified atom stereocenters. The second-order valence-corrected chi connectivity index (χ2v) is 5.96. The van der Waals surface area contributed by atoms with Crippen LogP contribution in [-0.4, -0.2) is 48.2 Å². The molecule has 18 heavy (non-hydrogen) atoms. The summed E-state index contributed by atoms with van der Waals surface area (Å²) in [5.74, 6) is -0.410. The first-order valence-electron chi connectivity index (χ1n) is 6.94. The van der Waals surface area contributed by atoms with Crippen molar-refractivity contribution in [2.75, 3.05) is 19.6 Å². The van der Waals surface area contributed by atoms with Crippen LogP contribution >= 0.6 is 0 Å². The zero-order valence-corrected chi connectivity index (χ0v) is 11.2. The molecule has 2 aliphatic heterocycles. The smallest absolute Gasteiger partial charge is 0.237 e. The number of ether oxygens (including phenoxy) is 1. The minimum Gasteiger partial charge on any atom is -0.372 e. The fourth-order valence-electron chi connectivity index (χ4n) is 2.83. The number of likely N-dealkylation sites (tertiary alicyclic amines) is 1. The topological polar surface area (TPSA) is 81.6 Å². The highest BCUT2D eigenvalue weighted by molar-refractivity contribution is 5.83. The molecule has 5 heteroatoms. The summed E-state index contributed by atoms with van der Waals surface area (Å²) in [4.78, 5) is 13.6. The van der Waals surface area contributed by atoms with Gasteiger partial charge in [-0.2, -0.15) is 0 Å². The first kappa shape index (κ1) is 13.8. The second-order valence-electron chi connectivity index (χ2n) is 5.96. The monoisotopic (exact) mass is 255 g/mol. The van der Waals surface area contributed by atoms with Crippen molar-refractivity contribution >= 4 is 5.91 Å². The molecule has 0 saturated carbocycles. The third-order valence-corrected chi connectivity index (χ3v) is 4.10. The largest absolute Gasteiger partial charge is 0.372 e. The summed E-state index contributed by atoms with van der Waals surface area (Å²) in [5.41, 5.74) is 10.2. The van der Waals surface area contributed by atoms with Gasteiger partial charge in [-0.05, 0) is 45.6 Å². The summed E-state index contributed by atoms with van der Waals surface area (Å²) in [7, 11) is 0. The van der Waals surface area contributed by atoms with Crippen molar-refractivity contribution in [3.05, 3.63) is 0 Å². The highest BCUT2D eigenvalue weighted by atomic mass is 16.5. The molecule has 0 aromatic heterocycles. The van der Waals surface area contributed by atoms with Crippen LogP contribution in [0.15, 0.2) is 0 Å². The van der Waals surface area contributed by atoms with E-state index >= 15 is 0 Å². The third-order valence-electron chi connectivity index (χ3n) is 4.10. The van der Waals surface area contributed by atoms with Crippen molar-refractivity contribution in [3.63, 3.8) is 0 Å². The molecule has 0 aromatic carbocycles. The van der Waals surface area contributed by atoms with E-state index in [4.69, 9.17) is 16.2 Å². The van der Waals surface area contributed by atoms with Crippen LogP contribution in [0.5, 0.6) is 0 Å². The van der Waals surface area contributed by atoms with Crippen LogP contribution < -0.4 is 11.5 Å². The van der Waals surface area contributed by atoms with Crippen molar-refractivity contribution < 1.29 is 9.53 Å². The maximum atomic E-state index is 11.1. The van der Waals surface area contributed by atoms with E-state index in [1.165, 1.54) is 12.8 Å². The Morgan fingerprint density at radius 1 is 1.33 bits per heavy atom. The Labute approximate surface area is 109 Å². The van der Waals surface area contributed by atoms with Gasteiger partial charge in [-0.1, -0.05) is 0 Å². The van der Waals surface area contributed by atoms with Crippen LogP contribution in [0.25, 0.3) is 0 Å². The molecule has 0 spiro atoms. The van der Waals surface area contributed by atoms with Gasteiger partial charge >= 0.3 is 0 Å². The van der Waals surface area contributed by atoms with Gasteiger partial charge in [-0.25, -0.2) is 0 Å². The molecule has 0 aliphatic carbocycles. The zero-order chi connectivity index (χ0) is 13.2. The lowest BCUT2D eigenvalue weighted by Crippen LogP contribution is -2.49. The molecule has 0 radical (unpaired) electrons. The highest BCUT2D eigenvalue weighted by Gasteiger charge is 2.33. The van der Waals surface area contributed by atoms with Gasteiger partial charge in [0.2, 0.25) is 5.91 Å². The lowest BCUT2D eigenvalue weighted by atomic mass is 9.95. The zero-order valence-electron chi connectivity index (χ0n) is 11.2. The number of carbonyl (C=O) groups excluding carboxylic acids is 1. The molecule has 3 atom stereocenters. The van der Waals surface area contributed by atoms with Gasteiger partial charge in [0.05, 0.1) is 17.7 Å². The summed E-state index contributed by atoms with van der Waals surface area (Å²) in [6.07, 6.45) is 6.01. The highest BCUT2D eigenvalue weighted by Crippen LogP contribution is 2.26. The Morgan fingerprint density at radius 3 is 2.50 bits per heavy atom. The molecule has 5 nitrogen and oxygen atoms in total. The minimum atomic E-state index is -0.857. The van der Waals surface area contributed by atoms with E-state index in [9.17, 15) is 4.79 Å². The molecular weight excluding hydrogens is 230 g/mol. The van der Waals surface area contributed by atoms with Crippen molar-refractivity contribution in [3.8, 4) is 0 Å². The SMILES string of the molecule is CC(N)(CCCCN1CC2CCC(C1)O2)C(N)=O. The molecule has 2 heterocycles. The number of unbranched alkanes of at least 4 members (excludes halogenated alkanes) is 1. The van der Waals surface area contributed by atoms with Crippen LogP contribution in [0.4, 0.5) is 0 Å². The normalized spacial score (nSPS) is 31.2. The molecule has 1 amide bonds. The minimum absolute atomic E-state index is 0.410. The molecule has 2 aliphatic rings. The number of nitrogens with two attached hydrogens (primary N) is 2. The molecule has 104 valence electrons. The first-order chi connectivity index (χ1) is 8.47. The van der Waals surface area contributed by atoms with Gasteiger partial charge in [0, 0.05) is 13.1 Å². The number of hydrogen-bond acceptors (Lipinski definition) is 4. The quantitative estimate of drug-likeness (QED) is 0.665. The average Bonchev–Trinajstić information content (AvgIpc) is 2.64. The molecule has 2 saturated heterocycles. The Bertz CT molecular complexity index is 295. The van der Waals surface area contributed by atoms with Gasteiger partial charge in [-0.3, -0.25) is 9.69 Å². The summed E-state index contributed by atoms with van der Waals surface area (Å²) in [5, 5.41) is 0. The number of morpholine rings is 1. The van der Waals surface area contributed by atoms with Gasteiger partial charge in [0.25, 0.3) is 0 Å². The fraction of sp³-hybridized carbons (Fsp3) is 0.923. The lowest BCUT2D eigenvalue weighted by molar-refractivity contribution is -0.122. The lowest BCUT2D eigenvalue weighted by Gasteiger charge is -2.32. The summed E-state index contributed by atoms with van der Waals surface area (Å²) in [6.45, 7) is 4.91. The predicted molar refractivity (Wildman–Crippen MR) is 70.0 cm³/mol. The molecule has 0 aromatic rings. The maximum Gasteiger partial charge on any atom is 0.237 e. The number of amides is 1. The van der Waals surface area contributed by atoms with E-state index in [1.54, 1.807) is 6.92 Å². The number of fused-ring (bicyclic) bond motifs is 2. The van der Waals surface area contributed by atoms with Crippen LogP contribution in [0.3, 0.4) is 0 Å². The standard InChI is InChI=1S/C13H25N3O2/c1-13(15,12(14)17)6-2-3-7-16-8-10-4-5-11(9-16)18-10/h10-11H,2-9,15H2,1H3,(H2,14,17). The molecule has 2 rings (SSSR count). The van der Waals surface area contributed by atoms with Crippen molar-refractivity contribution in [2.24, 2.45) is 11.5 Å². The molecular formula is C13H25N3O2. The van der Waals surface area contributed by atoms with E-state index in [1.807, 2.05) is 0 Å². The molecule has 4 N–H and O–H groups in total. The van der Waals surface area contributed by atoms with Crippen LogP contribution in [-0.2, 0) is 9.53 Å². The van der Waals surface area contributed by atoms with Crippen LogP contribution in [0.1, 0.15) is 39.0 Å². The average molecular weight is 255 g/mol. The van der Waals surface area contributed by atoms with E-state index in [0.29, 0.717) is 18.6 Å². The number of rotatable bonds is 6. The summed E-state index contributed by atoms with van der Waals surface area (Å²) < 4.78 is 5.80. The Hall–Kier alpha value is -0.650. The van der Waals surface area contributed by atoms with Gasteiger partial charge in [0.15, 0.2) is 0 Å². The van der Waals surface area contributed by atoms with Gasteiger partial charge < -0.3 is 16.2 Å². The van der Waals surface area contributed by atoms with Crippen LogP contribution in [0, 0.1) is 0 Å². The third kappa shape index (κ3) is 3.43. The second kappa shape index (κ2) is 5.55. The Balaban J connectivity index is 1.63. The summed E-state index contributed by atoms with van der Waals surface area (Å²) in [6, 6.07) is 0. The number of primary amides is 1. The maximum absolute atomic E-state index is 11.1.